The van der Waals surface area contributed by atoms with Gasteiger partial charge in [-0.05, 0) is 93.3 Å². The molecule has 0 spiro atoms. The first-order valence-electron chi connectivity index (χ1n) is 16.7. The van der Waals surface area contributed by atoms with Gasteiger partial charge in [0, 0.05) is 73.0 Å². The lowest BCUT2D eigenvalue weighted by atomic mass is 9.88. The van der Waals surface area contributed by atoms with Gasteiger partial charge in [-0.1, -0.05) is 18.7 Å². The van der Waals surface area contributed by atoms with E-state index in [1.165, 1.54) is 11.6 Å². The third-order valence-corrected chi connectivity index (χ3v) is 9.57. The Balaban J connectivity index is 1.25. The molecular weight excluding hydrogens is 593 g/mol. The first-order valence-corrected chi connectivity index (χ1v) is 16.7. The second kappa shape index (κ2) is 13.4. The van der Waals surface area contributed by atoms with Crippen LogP contribution in [0.1, 0.15) is 62.8 Å². The van der Waals surface area contributed by atoms with E-state index in [2.05, 4.69) is 53.1 Å². The van der Waals surface area contributed by atoms with Gasteiger partial charge in [-0.25, -0.2) is 9.37 Å². The second-order valence-electron chi connectivity index (χ2n) is 13.1. The largest absolute Gasteiger partial charge is 0.381 e. The Morgan fingerprint density at radius 1 is 1.13 bits per heavy atom. The van der Waals surface area contributed by atoms with E-state index in [1.807, 2.05) is 18.2 Å². The Morgan fingerprint density at radius 2 is 1.94 bits per heavy atom. The zero-order valence-electron chi connectivity index (χ0n) is 27.1. The summed E-state index contributed by atoms with van der Waals surface area (Å²) in [6.45, 7) is 11.6. The molecular formula is C37H42FN7O2. The quantitative estimate of drug-likeness (QED) is 0.233. The fraction of sp³-hybridized carbons (Fsp3) is 0.405. The van der Waals surface area contributed by atoms with Crippen molar-refractivity contribution < 1.29 is 9.13 Å². The van der Waals surface area contributed by atoms with Crippen LogP contribution in [0.4, 0.5) is 21.7 Å². The highest BCUT2D eigenvalue weighted by Gasteiger charge is 2.25. The SMILES string of the molecule is C=C(c1cc2cnc(Nc3ccc(N4C[C@@H](C)N[C@@H](C)C4)c(F)c3)nc2n(Cc2ncccc2C2=CCCC2)c1=O)C1CCOCC1. The number of halogens is 1. The van der Waals surface area contributed by atoms with Gasteiger partial charge >= 0.3 is 0 Å². The number of allylic oxidation sites excluding steroid dienone is 3. The first kappa shape index (κ1) is 31.2. The molecule has 1 aromatic carbocycles. The van der Waals surface area contributed by atoms with E-state index in [0.717, 1.165) is 67.4 Å². The number of rotatable bonds is 8. The molecule has 0 saturated carbocycles. The lowest BCUT2D eigenvalue weighted by Gasteiger charge is -2.37. The Bertz CT molecular complexity index is 1890. The number of pyridine rings is 2. The second-order valence-corrected chi connectivity index (χ2v) is 13.1. The van der Waals surface area contributed by atoms with Gasteiger partial charge < -0.3 is 20.3 Å². The molecule has 1 aliphatic carbocycles. The van der Waals surface area contributed by atoms with E-state index in [1.54, 1.807) is 23.0 Å². The number of anilines is 3. The van der Waals surface area contributed by atoms with Crippen molar-refractivity contribution in [3.63, 3.8) is 0 Å². The molecule has 2 saturated heterocycles. The number of nitrogens with one attached hydrogen (secondary N) is 2. The van der Waals surface area contributed by atoms with Crippen LogP contribution in [0.2, 0.25) is 0 Å². The Morgan fingerprint density at radius 3 is 2.68 bits per heavy atom. The minimum Gasteiger partial charge on any atom is -0.381 e. The van der Waals surface area contributed by atoms with E-state index in [0.29, 0.717) is 35.8 Å². The fourth-order valence-corrected chi connectivity index (χ4v) is 7.28. The molecule has 0 amide bonds. The Kier molecular flexibility index (Phi) is 8.88. The van der Waals surface area contributed by atoms with Gasteiger partial charge in [0.05, 0.1) is 17.9 Å². The standard InChI is InChI=1S/C37H42FN7O2/c1-23-20-44(21-24(2)41-23)34-11-10-29(18-32(34)38)42-37-40-19-28-17-31(25(3)26-12-15-47-16-13-26)36(46)45(35(28)43-37)22-33-30(9-6-14-39-33)27-7-4-5-8-27/h6-7,9-11,14,17-19,23-24,26,41H,3-5,8,12-13,15-16,20-22H2,1-2H3,(H,40,42,43)/t23-,24+. The van der Waals surface area contributed by atoms with Crippen molar-refractivity contribution in [3.05, 3.63) is 94.4 Å². The van der Waals surface area contributed by atoms with E-state index in [-0.39, 0.29) is 41.9 Å². The summed E-state index contributed by atoms with van der Waals surface area (Å²) in [6.07, 6.45) is 10.6. The topological polar surface area (TPSA) is 97.2 Å². The number of hydrogen-bond donors (Lipinski definition) is 2. The van der Waals surface area contributed by atoms with Crippen molar-refractivity contribution in [1.82, 2.24) is 24.8 Å². The molecule has 244 valence electrons. The molecule has 10 heteroatoms. The molecule has 2 aliphatic heterocycles. The van der Waals surface area contributed by atoms with Gasteiger partial charge in [0.2, 0.25) is 5.95 Å². The van der Waals surface area contributed by atoms with Crippen LogP contribution in [0.5, 0.6) is 0 Å². The molecule has 0 bridgehead atoms. The zero-order chi connectivity index (χ0) is 32.5. The van der Waals surface area contributed by atoms with Crippen LogP contribution in [0.3, 0.4) is 0 Å². The van der Waals surface area contributed by atoms with Crippen LogP contribution in [0, 0.1) is 11.7 Å². The number of ether oxygens (including phenoxy) is 1. The van der Waals surface area contributed by atoms with Crippen molar-refractivity contribution in [2.45, 2.75) is 64.6 Å². The van der Waals surface area contributed by atoms with Gasteiger partial charge in [0.1, 0.15) is 11.5 Å². The monoisotopic (exact) mass is 635 g/mol. The van der Waals surface area contributed by atoms with Crippen molar-refractivity contribution >= 4 is 39.5 Å². The Hall–Kier alpha value is -4.41. The molecule has 0 radical (unpaired) electrons. The summed E-state index contributed by atoms with van der Waals surface area (Å²) in [5, 5.41) is 7.39. The maximum Gasteiger partial charge on any atom is 0.260 e. The van der Waals surface area contributed by atoms with Crippen molar-refractivity contribution in [3.8, 4) is 0 Å². The minimum absolute atomic E-state index is 0.162. The lowest BCUT2D eigenvalue weighted by Crippen LogP contribution is -2.54. The molecule has 0 unspecified atom stereocenters. The number of piperazine rings is 1. The maximum absolute atomic E-state index is 15.4. The van der Waals surface area contributed by atoms with Crippen LogP contribution in [0.25, 0.3) is 22.2 Å². The molecule has 9 nitrogen and oxygen atoms in total. The molecule has 3 aliphatic rings. The van der Waals surface area contributed by atoms with Crippen molar-refractivity contribution in [1.29, 1.82) is 0 Å². The highest BCUT2D eigenvalue weighted by molar-refractivity contribution is 5.81. The maximum atomic E-state index is 15.4. The van der Waals surface area contributed by atoms with Crippen molar-refractivity contribution in [2.75, 3.05) is 36.5 Å². The third-order valence-electron chi connectivity index (χ3n) is 9.57. The normalized spacial score (nSPS) is 20.4. The van der Waals surface area contributed by atoms with Crippen LogP contribution >= 0.6 is 0 Å². The van der Waals surface area contributed by atoms with E-state index < -0.39 is 0 Å². The van der Waals surface area contributed by atoms with Crippen LogP contribution in [-0.4, -0.2) is 57.9 Å². The van der Waals surface area contributed by atoms with Crippen molar-refractivity contribution in [2.24, 2.45) is 5.92 Å². The van der Waals surface area contributed by atoms with Gasteiger partial charge in [-0.2, -0.15) is 4.98 Å². The van der Waals surface area contributed by atoms with Gasteiger partial charge in [0.15, 0.2) is 0 Å². The number of fused-ring (bicyclic) bond motifs is 1. The summed E-state index contributed by atoms with van der Waals surface area (Å²) in [5.41, 5.74) is 5.96. The van der Waals surface area contributed by atoms with Crippen LogP contribution in [-0.2, 0) is 11.3 Å². The predicted molar refractivity (Wildman–Crippen MR) is 185 cm³/mol. The molecule has 2 atom stereocenters. The summed E-state index contributed by atoms with van der Waals surface area (Å²) in [4.78, 5) is 30.6. The van der Waals surface area contributed by atoms with E-state index in [9.17, 15) is 4.79 Å². The molecule has 4 aromatic rings. The molecule has 5 heterocycles. The summed E-state index contributed by atoms with van der Waals surface area (Å²) >= 11 is 0. The fourth-order valence-electron chi connectivity index (χ4n) is 7.28. The highest BCUT2D eigenvalue weighted by atomic mass is 19.1. The van der Waals surface area contributed by atoms with Gasteiger partial charge in [-0.3, -0.25) is 14.3 Å². The van der Waals surface area contributed by atoms with E-state index in [4.69, 9.17) is 14.7 Å². The summed E-state index contributed by atoms with van der Waals surface area (Å²) in [5.74, 6) is 0.135. The smallest absolute Gasteiger partial charge is 0.260 e. The average Bonchev–Trinajstić information content (AvgIpc) is 3.61. The number of hydrogen-bond acceptors (Lipinski definition) is 8. The first-order chi connectivity index (χ1) is 22.8. The lowest BCUT2D eigenvalue weighted by molar-refractivity contribution is 0.0808. The molecule has 2 fully saturated rings. The number of benzene rings is 1. The number of nitrogens with zero attached hydrogens (tertiary/aromatic N) is 5. The highest BCUT2D eigenvalue weighted by Crippen LogP contribution is 2.32. The number of aromatic nitrogens is 4. The molecule has 7 rings (SSSR count). The minimum atomic E-state index is -0.311. The van der Waals surface area contributed by atoms with Crippen LogP contribution in [0.15, 0.2) is 66.2 Å². The summed E-state index contributed by atoms with van der Waals surface area (Å²) in [6, 6.07) is 11.5. The van der Waals surface area contributed by atoms with E-state index >= 15 is 4.39 Å². The molecule has 3 aromatic heterocycles. The zero-order valence-corrected chi connectivity index (χ0v) is 27.1. The average molecular weight is 636 g/mol. The molecule has 47 heavy (non-hydrogen) atoms. The van der Waals surface area contributed by atoms with Crippen LogP contribution < -0.4 is 21.1 Å². The third kappa shape index (κ3) is 6.57. The molecule has 2 N–H and O–H groups in total. The Labute approximate surface area is 274 Å². The van der Waals surface area contributed by atoms with Gasteiger partial charge in [0.25, 0.3) is 5.56 Å². The predicted octanol–water partition coefficient (Wildman–Crippen LogP) is 6.31. The summed E-state index contributed by atoms with van der Waals surface area (Å²) < 4.78 is 22.7. The van der Waals surface area contributed by atoms with Gasteiger partial charge in [-0.15, -0.1) is 0 Å². The summed E-state index contributed by atoms with van der Waals surface area (Å²) in [7, 11) is 0.